The van der Waals surface area contributed by atoms with Crippen LogP contribution in [0.3, 0.4) is 0 Å². The molecule has 1 aromatic heterocycles. The summed E-state index contributed by atoms with van der Waals surface area (Å²) in [5.74, 6) is 0.787. The standard InChI is InChI=1S/C16H23N3O4S/c1-16(2)11-23-15(20)19(16)14-6-4-5-13(17-14)12-7-9-18(10-8-12)24(3,21)22/h4-6,12H,7-11H2,1-3H3. The number of rotatable bonds is 3. The van der Waals surface area contributed by atoms with Gasteiger partial charge in [-0.3, -0.25) is 4.90 Å². The summed E-state index contributed by atoms with van der Waals surface area (Å²) in [4.78, 5) is 18.3. The number of aromatic nitrogens is 1. The number of piperidine rings is 1. The smallest absolute Gasteiger partial charge is 0.416 e. The van der Waals surface area contributed by atoms with Crippen molar-refractivity contribution < 1.29 is 17.9 Å². The molecule has 2 saturated heterocycles. The predicted molar refractivity (Wildman–Crippen MR) is 90.5 cm³/mol. The van der Waals surface area contributed by atoms with Gasteiger partial charge in [-0.25, -0.2) is 22.5 Å². The van der Waals surface area contributed by atoms with Gasteiger partial charge in [-0.15, -0.1) is 0 Å². The normalized spacial score (nSPS) is 22.6. The molecular formula is C16H23N3O4S. The summed E-state index contributed by atoms with van der Waals surface area (Å²) in [6.45, 7) is 5.23. The number of carbonyl (C=O) groups excluding carboxylic acids is 1. The van der Waals surface area contributed by atoms with E-state index < -0.39 is 15.6 Å². The summed E-state index contributed by atoms with van der Waals surface area (Å²) in [5.41, 5.74) is 0.471. The van der Waals surface area contributed by atoms with Crippen molar-refractivity contribution in [1.29, 1.82) is 0 Å². The van der Waals surface area contributed by atoms with E-state index in [-0.39, 0.29) is 12.0 Å². The third-order valence-corrected chi connectivity index (χ3v) is 5.97. The Morgan fingerprint density at radius 1 is 1.25 bits per heavy atom. The van der Waals surface area contributed by atoms with Crippen LogP contribution in [0.25, 0.3) is 0 Å². The molecule has 1 amide bonds. The molecule has 3 rings (SSSR count). The van der Waals surface area contributed by atoms with E-state index >= 15 is 0 Å². The quantitative estimate of drug-likeness (QED) is 0.830. The van der Waals surface area contributed by atoms with Crippen molar-refractivity contribution in [3.63, 3.8) is 0 Å². The van der Waals surface area contributed by atoms with Crippen molar-refractivity contribution in [1.82, 2.24) is 9.29 Å². The fourth-order valence-electron chi connectivity index (χ4n) is 3.29. The molecule has 2 fully saturated rings. The van der Waals surface area contributed by atoms with Crippen LogP contribution in [-0.2, 0) is 14.8 Å². The molecule has 8 heteroatoms. The summed E-state index contributed by atoms with van der Waals surface area (Å²) in [6, 6.07) is 5.64. The fourth-order valence-corrected chi connectivity index (χ4v) is 4.17. The number of hydrogen-bond donors (Lipinski definition) is 0. The van der Waals surface area contributed by atoms with Crippen LogP contribution in [-0.4, -0.2) is 55.3 Å². The Hall–Kier alpha value is -1.67. The van der Waals surface area contributed by atoms with Gasteiger partial charge < -0.3 is 4.74 Å². The molecule has 7 nitrogen and oxygen atoms in total. The first kappa shape index (κ1) is 17.2. The van der Waals surface area contributed by atoms with Crippen LogP contribution >= 0.6 is 0 Å². The second-order valence-electron chi connectivity index (χ2n) is 7.06. The molecule has 24 heavy (non-hydrogen) atoms. The average molecular weight is 353 g/mol. The molecule has 0 atom stereocenters. The zero-order valence-electron chi connectivity index (χ0n) is 14.2. The van der Waals surface area contributed by atoms with Gasteiger partial charge in [0.2, 0.25) is 10.0 Å². The Morgan fingerprint density at radius 3 is 2.46 bits per heavy atom. The highest BCUT2D eigenvalue weighted by molar-refractivity contribution is 7.88. The third kappa shape index (κ3) is 3.25. The third-order valence-electron chi connectivity index (χ3n) is 4.66. The molecule has 132 valence electrons. The number of hydrogen-bond acceptors (Lipinski definition) is 5. The SMILES string of the molecule is CC1(C)COC(=O)N1c1cccc(C2CCN(S(C)(=O)=O)CC2)n1. The Kier molecular flexibility index (Phi) is 4.29. The van der Waals surface area contributed by atoms with E-state index in [1.54, 1.807) is 4.90 Å². The van der Waals surface area contributed by atoms with Gasteiger partial charge in [0.25, 0.3) is 0 Å². The van der Waals surface area contributed by atoms with Gasteiger partial charge >= 0.3 is 6.09 Å². The van der Waals surface area contributed by atoms with Crippen LogP contribution in [0.2, 0.25) is 0 Å². The maximum Gasteiger partial charge on any atom is 0.416 e. The second kappa shape index (κ2) is 6.00. The van der Waals surface area contributed by atoms with Crippen LogP contribution in [0.1, 0.15) is 38.3 Å². The van der Waals surface area contributed by atoms with Crippen molar-refractivity contribution in [2.75, 3.05) is 30.9 Å². The van der Waals surface area contributed by atoms with E-state index in [4.69, 9.17) is 4.74 Å². The molecule has 3 heterocycles. The molecule has 2 aliphatic heterocycles. The summed E-state index contributed by atoms with van der Waals surface area (Å²) in [7, 11) is -3.13. The Labute approximate surface area is 142 Å². The van der Waals surface area contributed by atoms with Crippen LogP contribution in [0, 0.1) is 0 Å². The fraction of sp³-hybridized carbons (Fsp3) is 0.625. The lowest BCUT2D eigenvalue weighted by molar-refractivity contribution is 0.175. The number of cyclic esters (lactones) is 1. The number of ether oxygens (including phenoxy) is 1. The molecule has 1 aromatic rings. The second-order valence-corrected chi connectivity index (χ2v) is 9.04. The molecule has 0 bridgehead atoms. The molecule has 2 aliphatic rings. The van der Waals surface area contributed by atoms with E-state index in [1.807, 2.05) is 32.0 Å². The van der Waals surface area contributed by atoms with Gasteiger partial charge in [0.1, 0.15) is 12.4 Å². The molecule has 0 N–H and O–H groups in total. The molecule has 0 aromatic carbocycles. The zero-order valence-corrected chi connectivity index (χ0v) is 15.0. The van der Waals surface area contributed by atoms with E-state index in [2.05, 4.69) is 4.98 Å². The van der Waals surface area contributed by atoms with Gasteiger partial charge in [0, 0.05) is 24.7 Å². The van der Waals surface area contributed by atoms with Gasteiger partial charge in [-0.2, -0.15) is 0 Å². The summed E-state index contributed by atoms with van der Waals surface area (Å²) in [6.07, 6.45) is 2.33. The van der Waals surface area contributed by atoms with E-state index in [1.165, 1.54) is 10.6 Å². The highest BCUT2D eigenvalue weighted by Gasteiger charge is 2.42. The zero-order chi connectivity index (χ0) is 17.5. The minimum Gasteiger partial charge on any atom is -0.447 e. The monoisotopic (exact) mass is 353 g/mol. The number of pyridine rings is 1. The molecule has 0 spiro atoms. The van der Waals surface area contributed by atoms with Crippen LogP contribution in [0.5, 0.6) is 0 Å². The molecule has 0 saturated carbocycles. The Balaban J connectivity index is 1.79. The number of nitrogens with zero attached hydrogens (tertiary/aromatic N) is 3. The minimum absolute atomic E-state index is 0.199. The summed E-state index contributed by atoms with van der Waals surface area (Å²) >= 11 is 0. The van der Waals surface area contributed by atoms with E-state index in [9.17, 15) is 13.2 Å². The van der Waals surface area contributed by atoms with Crippen molar-refractivity contribution in [2.24, 2.45) is 0 Å². The number of carbonyl (C=O) groups is 1. The van der Waals surface area contributed by atoms with Gasteiger partial charge in [-0.05, 0) is 38.8 Å². The van der Waals surface area contributed by atoms with Crippen molar-refractivity contribution in [3.8, 4) is 0 Å². The number of sulfonamides is 1. The Morgan fingerprint density at radius 2 is 1.92 bits per heavy atom. The molecule has 0 radical (unpaired) electrons. The first-order valence-electron chi connectivity index (χ1n) is 8.07. The topological polar surface area (TPSA) is 79.8 Å². The maximum atomic E-state index is 12.0. The summed E-state index contributed by atoms with van der Waals surface area (Å²) in [5, 5.41) is 0. The van der Waals surface area contributed by atoms with Gasteiger partial charge in [-0.1, -0.05) is 6.07 Å². The highest BCUT2D eigenvalue weighted by Crippen LogP contribution is 2.32. The largest absolute Gasteiger partial charge is 0.447 e. The van der Waals surface area contributed by atoms with Crippen LogP contribution in [0.4, 0.5) is 10.6 Å². The molecule has 0 aliphatic carbocycles. The Bertz CT molecular complexity index is 739. The average Bonchev–Trinajstić information content (AvgIpc) is 2.80. The molecular weight excluding hydrogens is 330 g/mol. The van der Waals surface area contributed by atoms with Gasteiger partial charge in [0.05, 0.1) is 11.8 Å². The van der Waals surface area contributed by atoms with Crippen LogP contribution in [0.15, 0.2) is 18.2 Å². The minimum atomic E-state index is -3.13. The van der Waals surface area contributed by atoms with E-state index in [0.717, 1.165) is 18.5 Å². The highest BCUT2D eigenvalue weighted by atomic mass is 32.2. The van der Waals surface area contributed by atoms with E-state index in [0.29, 0.717) is 25.5 Å². The first-order valence-corrected chi connectivity index (χ1v) is 9.92. The lowest BCUT2D eigenvalue weighted by Gasteiger charge is -2.31. The van der Waals surface area contributed by atoms with Crippen molar-refractivity contribution in [3.05, 3.63) is 23.9 Å². The summed E-state index contributed by atoms with van der Waals surface area (Å²) < 4.78 is 29.9. The number of amides is 1. The van der Waals surface area contributed by atoms with Gasteiger partial charge in [0.15, 0.2) is 0 Å². The molecule has 0 unspecified atom stereocenters. The lowest BCUT2D eigenvalue weighted by atomic mass is 9.94. The first-order chi connectivity index (χ1) is 11.2. The van der Waals surface area contributed by atoms with Crippen LogP contribution < -0.4 is 4.90 Å². The maximum absolute atomic E-state index is 12.0. The lowest BCUT2D eigenvalue weighted by Crippen LogP contribution is -2.42. The number of anilines is 1. The van der Waals surface area contributed by atoms with Crippen molar-refractivity contribution >= 4 is 21.9 Å². The van der Waals surface area contributed by atoms with Crippen molar-refractivity contribution in [2.45, 2.75) is 38.1 Å². The predicted octanol–water partition coefficient (Wildman–Crippen LogP) is 1.96.